The molecule has 0 spiro atoms. The predicted octanol–water partition coefficient (Wildman–Crippen LogP) is 2.25. The van der Waals surface area contributed by atoms with E-state index in [1.165, 1.54) is 0 Å². The molecule has 0 saturated heterocycles. The predicted molar refractivity (Wildman–Crippen MR) is 68.2 cm³/mol. The maximum atomic E-state index is 11.7. The van der Waals surface area contributed by atoms with Crippen LogP contribution in [0.15, 0.2) is 24.3 Å². The van der Waals surface area contributed by atoms with Gasteiger partial charge in [0.1, 0.15) is 5.75 Å². The highest BCUT2D eigenvalue weighted by Gasteiger charge is 2.10. The van der Waals surface area contributed by atoms with Crippen molar-refractivity contribution in [1.82, 2.24) is 10.2 Å². The minimum Gasteiger partial charge on any atom is -0.496 e. The molecule has 0 atom stereocenters. The van der Waals surface area contributed by atoms with E-state index in [0.29, 0.717) is 13.1 Å². The summed E-state index contributed by atoms with van der Waals surface area (Å²) in [6, 6.07) is 7.66. The first-order valence-electron chi connectivity index (χ1n) is 5.80. The zero-order chi connectivity index (χ0) is 12.7. The molecule has 1 aromatic carbocycles. The lowest BCUT2D eigenvalue weighted by Gasteiger charge is -2.19. The standard InChI is InChI=1S/C13H20N2O2/c1-4-9-14-13(16)15(2)10-11-7-5-6-8-12(11)17-3/h5-8H,4,9-10H2,1-3H3,(H,14,16). The fourth-order valence-electron chi connectivity index (χ4n) is 1.53. The molecular formula is C13H20N2O2. The average molecular weight is 236 g/mol. The fourth-order valence-corrected chi connectivity index (χ4v) is 1.53. The van der Waals surface area contributed by atoms with Crippen LogP contribution in [0.3, 0.4) is 0 Å². The Kier molecular flexibility index (Phi) is 5.33. The Morgan fingerprint density at radius 1 is 1.41 bits per heavy atom. The van der Waals surface area contributed by atoms with Crippen molar-refractivity contribution in [3.05, 3.63) is 29.8 Å². The van der Waals surface area contributed by atoms with Crippen LogP contribution in [0.4, 0.5) is 4.79 Å². The molecular weight excluding hydrogens is 216 g/mol. The van der Waals surface area contributed by atoms with Crippen molar-refractivity contribution in [3.63, 3.8) is 0 Å². The minimum atomic E-state index is -0.0576. The van der Waals surface area contributed by atoms with Crippen LogP contribution in [0.5, 0.6) is 5.75 Å². The molecule has 0 aliphatic heterocycles. The number of carbonyl (C=O) groups is 1. The molecule has 1 N–H and O–H groups in total. The van der Waals surface area contributed by atoms with E-state index < -0.39 is 0 Å². The molecule has 2 amide bonds. The number of nitrogens with one attached hydrogen (secondary N) is 1. The molecule has 0 unspecified atom stereocenters. The number of hydrogen-bond donors (Lipinski definition) is 1. The van der Waals surface area contributed by atoms with Gasteiger partial charge in [-0.3, -0.25) is 0 Å². The Bertz CT molecular complexity index is 366. The first-order valence-corrected chi connectivity index (χ1v) is 5.80. The third-order valence-corrected chi connectivity index (χ3v) is 2.47. The third kappa shape index (κ3) is 3.98. The smallest absolute Gasteiger partial charge is 0.317 e. The van der Waals surface area contributed by atoms with Gasteiger partial charge in [0.05, 0.1) is 13.7 Å². The molecule has 0 aliphatic carbocycles. The van der Waals surface area contributed by atoms with Crippen LogP contribution in [0.2, 0.25) is 0 Å². The Morgan fingerprint density at radius 2 is 2.12 bits per heavy atom. The van der Waals surface area contributed by atoms with Crippen molar-refractivity contribution in [2.75, 3.05) is 20.7 Å². The van der Waals surface area contributed by atoms with Gasteiger partial charge in [0.2, 0.25) is 0 Å². The van der Waals surface area contributed by atoms with E-state index in [1.807, 2.05) is 31.2 Å². The van der Waals surface area contributed by atoms with E-state index in [9.17, 15) is 4.79 Å². The van der Waals surface area contributed by atoms with Crippen molar-refractivity contribution in [3.8, 4) is 5.75 Å². The summed E-state index contributed by atoms with van der Waals surface area (Å²) in [5.41, 5.74) is 1.00. The highest BCUT2D eigenvalue weighted by Crippen LogP contribution is 2.18. The molecule has 0 heterocycles. The molecule has 0 aromatic heterocycles. The molecule has 1 rings (SSSR count). The summed E-state index contributed by atoms with van der Waals surface area (Å²) in [5.74, 6) is 0.808. The van der Waals surface area contributed by atoms with Crippen LogP contribution in [0.25, 0.3) is 0 Å². The van der Waals surface area contributed by atoms with Gasteiger partial charge < -0.3 is 15.0 Å². The molecule has 17 heavy (non-hydrogen) atoms. The van der Waals surface area contributed by atoms with E-state index >= 15 is 0 Å². The van der Waals surface area contributed by atoms with Crippen molar-refractivity contribution in [2.24, 2.45) is 0 Å². The third-order valence-electron chi connectivity index (χ3n) is 2.47. The molecule has 94 valence electrons. The maximum absolute atomic E-state index is 11.7. The second-order valence-corrected chi connectivity index (χ2v) is 3.90. The number of methoxy groups -OCH3 is 1. The minimum absolute atomic E-state index is 0.0576. The number of para-hydroxylation sites is 1. The van der Waals surface area contributed by atoms with Crippen LogP contribution < -0.4 is 10.1 Å². The number of urea groups is 1. The number of benzene rings is 1. The summed E-state index contributed by atoms with van der Waals surface area (Å²) in [5, 5.41) is 2.84. The van der Waals surface area contributed by atoms with Crippen LogP contribution in [-0.4, -0.2) is 31.6 Å². The van der Waals surface area contributed by atoms with Gasteiger partial charge in [-0.2, -0.15) is 0 Å². The van der Waals surface area contributed by atoms with Gasteiger partial charge in [-0.15, -0.1) is 0 Å². The summed E-state index contributed by atoms with van der Waals surface area (Å²) in [7, 11) is 3.41. The second-order valence-electron chi connectivity index (χ2n) is 3.90. The lowest BCUT2D eigenvalue weighted by Crippen LogP contribution is -2.37. The summed E-state index contributed by atoms with van der Waals surface area (Å²) in [6.07, 6.45) is 0.939. The van der Waals surface area contributed by atoms with Crippen molar-refractivity contribution in [1.29, 1.82) is 0 Å². The molecule has 0 radical (unpaired) electrons. The van der Waals surface area contributed by atoms with Gasteiger partial charge >= 0.3 is 6.03 Å². The molecule has 0 fully saturated rings. The van der Waals surface area contributed by atoms with Crippen LogP contribution in [0, 0.1) is 0 Å². The SMILES string of the molecule is CCCNC(=O)N(C)Cc1ccccc1OC. The van der Waals surface area contributed by atoms with Crippen molar-refractivity contribution in [2.45, 2.75) is 19.9 Å². The highest BCUT2D eigenvalue weighted by molar-refractivity contribution is 5.73. The van der Waals surface area contributed by atoms with Gasteiger partial charge in [-0.05, 0) is 12.5 Å². The van der Waals surface area contributed by atoms with E-state index in [0.717, 1.165) is 17.7 Å². The molecule has 0 aliphatic rings. The number of nitrogens with zero attached hydrogens (tertiary/aromatic N) is 1. The number of amides is 2. The molecule has 4 nitrogen and oxygen atoms in total. The molecule has 0 bridgehead atoms. The highest BCUT2D eigenvalue weighted by atomic mass is 16.5. The number of carbonyl (C=O) groups excluding carboxylic acids is 1. The fraction of sp³-hybridized carbons (Fsp3) is 0.462. The van der Waals surface area contributed by atoms with Crippen LogP contribution in [-0.2, 0) is 6.54 Å². The lowest BCUT2D eigenvalue weighted by molar-refractivity contribution is 0.206. The number of hydrogen-bond acceptors (Lipinski definition) is 2. The van der Waals surface area contributed by atoms with Crippen LogP contribution in [0.1, 0.15) is 18.9 Å². The van der Waals surface area contributed by atoms with E-state index in [2.05, 4.69) is 5.32 Å². The van der Waals surface area contributed by atoms with Gasteiger partial charge in [0.25, 0.3) is 0 Å². The Labute approximate surface area is 103 Å². The Balaban J connectivity index is 2.60. The van der Waals surface area contributed by atoms with E-state index in [1.54, 1.807) is 19.1 Å². The molecule has 4 heteroatoms. The summed E-state index contributed by atoms with van der Waals surface area (Å²) in [4.78, 5) is 13.3. The maximum Gasteiger partial charge on any atom is 0.317 e. The quantitative estimate of drug-likeness (QED) is 0.852. The van der Waals surface area contributed by atoms with E-state index in [-0.39, 0.29) is 6.03 Å². The second kappa shape index (κ2) is 6.78. The average Bonchev–Trinajstić information content (AvgIpc) is 2.36. The Morgan fingerprint density at radius 3 is 2.76 bits per heavy atom. The molecule has 0 saturated carbocycles. The zero-order valence-corrected chi connectivity index (χ0v) is 10.7. The van der Waals surface area contributed by atoms with E-state index in [4.69, 9.17) is 4.74 Å². The van der Waals surface area contributed by atoms with Crippen molar-refractivity contribution >= 4 is 6.03 Å². The largest absolute Gasteiger partial charge is 0.496 e. The van der Waals surface area contributed by atoms with Gasteiger partial charge in [-0.25, -0.2) is 4.79 Å². The summed E-state index contributed by atoms with van der Waals surface area (Å²) >= 11 is 0. The summed E-state index contributed by atoms with van der Waals surface area (Å²) < 4.78 is 5.25. The normalized spacial score (nSPS) is 9.82. The monoisotopic (exact) mass is 236 g/mol. The molecule has 1 aromatic rings. The zero-order valence-electron chi connectivity index (χ0n) is 10.7. The number of rotatable bonds is 5. The van der Waals surface area contributed by atoms with Gasteiger partial charge in [-0.1, -0.05) is 25.1 Å². The van der Waals surface area contributed by atoms with Crippen molar-refractivity contribution < 1.29 is 9.53 Å². The van der Waals surface area contributed by atoms with Gasteiger partial charge in [0.15, 0.2) is 0 Å². The van der Waals surface area contributed by atoms with Crippen LogP contribution >= 0.6 is 0 Å². The Hall–Kier alpha value is -1.71. The lowest BCUT2D eigenvalue weighted by atomic mass is 10.2. The van der Waals surface area contributed by atoms with Gasteiger partial charge in [0, 0.05) is 19.2 Å². The summed E-state index contributed by atoms with van der Waals surface area (Å²) in [6.45, 7) is 3.27. The first kappa shape index (κ1) is 13.4. The first-order chi connectivity index (χ1) is 8.19. The topological polar surface area (TPSA) is 41.6 Å². The number of ether oxygens (including phenoxy) is 1.